The van der Waals surface area contributed by atoms with Crippen LogP contribution >= 0.6 is 23.4 Å². The van der Waals surface area contributed by atoms with Gasteiger partial charge >= 0.3 is 0 Å². The normalized spacial score (nSPS) is 20.0. The van der Waals surface area contributed by atoms with Crippen molar-refractivity contribution in [3.8, 4) is 5.75 Å². The fourth-order valence-electron chi connectivity index (χ4n) is 3.63. The average molecular weight is 420 g/mol. The molecular weight excluding hydrogens is 394 g/mol. The highest BCUT2D eigenvalue weighted by molar-refractivity contribution is 8.07. The van der Waals surface area contributed by atoms with E-state index < -0.39 is 0 Å². The lowest BCUT2D eigenvalue weighted by Gasteiger charge is -2.33. The van der Waals surface area contributed by atoms with E-state index in [0.717, 1.165) is 41.4 Å². The van der Waals surface area contributed by atoms with E-state index in [-0.39, 0.29) is 17.0 Å². The first-order valence-electron chi connectivity index (χ1n) is 9.57. The van der Waals surface area contributed by atoms with Crippen LogP contribution in [0.25, 0.3) is 0 Å². The molecule has 4 nitrogen and oxygen atoms in total. The lowest BCUT2D eigenvalue weighted by atomic mass is 9.78. The highest BCUT2D eigenvalue weighted by Gasteiger charge is 2.40. The number of allylic oxidation sites excluding steroid dienone is 3. The average Bonchev–Trinajstić information content (AvgIpc) is 2.96. The summed E-state index contributed by atoms with van der Waals surface area (Å²) in [6.45, 7) is 7.19. The Bertz CT molecular complexity index is 873. The van der Waals surface area contributed by atoms with Gasteiger partial charge in [0.2, 0.25) is 0 Å². The number of carbonyl (C=O) groups is 2. The number of unbranched alkanes of at least 4 members (excludes halogenated alkanes) is 1. The Morgan fingerprint density at radius 2 is 2.11 bits per heavy atom. The van der Waals surface area contributed by atoms with Crippen molar-refractivity contribution in [3.63, 3.8) is 0 Å². The van der Waals surface area contributed by atoms with Gasteiger partial charge in [-0.15, -0.1) is 0 Å². The van der Waals surface area contributed by atoms with Gasteiger partial charge in [-0.05, 0) is 36.5 Å². The summed E-state index contributed by atoms with van der Waals surface area (Å²) in [7, 11) is 1.53. The van der Waals surface area contributed by atoms with Gasteiger partial charge in [-0.1, -0.05) is 50.6 Å². The summed E-state index contributed by atoms with van der Waals surface area (Å²) in [5.74, 6) is 0.494. The maximum absolute atomic E-state index is 13.0. The van der Waals surface area contributed by atoms with Crippen LogP contribution in [0.5, 0.6) is 5.75 Å². The van der Waals surface area contributed by atoms with E-state index in [0.29, 0.717) is 22.8 Å². The number of rotatable bonds is 6. The number of methoxy groups -OCH3 is 1. The monoisotopic (exact) mass is 419 g/mol. The van der Waals surface area contributed by atoms with Gasteiger partial charge in [-0.2, -0.15) is 0 Å². The van der Waals surface area contributed by atoms with Gasteiger partial charge in [0.1, 0.15) is 5.75 Å². The molecule has 1 aliphatic heterocycles. The molecule has 1 aromatic carbocycles. The third kappa shape index (κ3) is 4.31. The summed E-state index contributed by atoms with van der Waals surface area (Å²) < 4.78 is 5.32. The maximum atomic E-state index is 13.0. The summed E-state index contributed by atoms with van der Waals surface area (Å²) in [5.41, 5.74) is 1.43. The fourth-order valence-corrected chi connectivity index (χ4v) is 4.97. The highest BCUT2D eigenvalue weighted by Crippen LogP contribution is 2.51. The Hall–Kier alpha value is -1.72. The van der Waals surface area contributed by atoms with Crippen molar-refractivity contribution in [1.82, 2.24) is 4.90 Å². The Labute approximate surface area is 176 Å². The molecule has 0 bridgehead atoms. The van der Waals surface area contributed by atoms with E-state index in [9.17, 15) is 9.59 Å². The highest BCUT2D eigenvalue weighted by atomic mass is 35.5. The van der Waals surface area contributed by atoms with Crippen molar-refractivity contribution in [2.75, 3.05) is 13.7 Å². The standard InChI is InChI=1S/C22H26ClNO3S/c1-5-6-9-24-16-12-22(2,3)13-18(26)21(16)28-20(24)11-17(25)15-10-14(23)7-8-19(15)27-4/h7-8,10-11H,5-6,9,12-13H2,1-4H3. The van der Waals surface area contributed by atoms with E-state index >= 15 is 0 Å². The molecule has 0 N–H and O–H groups in total. The summed E-state index contributed by atoms with van der Waals surface area (Å²) in [5, 5.41) is 1.30. The number of ketones is 2. The molecule has 3 rings (SSSR count). The Kier molecular flexibility index (Phi) is 6.25. The van der Waals surface area contributed by atoms with Crippen LogP contribution in [0.1, 0.15) is 56.8 Å². The van der Waals surface area contributed by atoms with Crippen LogP contribution < -0.4 is 4.74 Å². The summed E-state index contributed by atoms with van der Waals surface area (Å²) in [6, 6.07) is 5.01. The number of Topliss-reactive ketones (excluding diaryl/α,β-unsaturated/α-hetero) is 1. The number of benzene rings is 1. The van der Waals surface area contributed by atoms with E-state index in [1.54, 1.807) is 24.3 Å². The van der Waals surface area contributed by atoms with Gasteiger partial charge in [0.05, 0.1) is 22.6 Å². The summed E-state index contributed by atoms with van der Waals surface area (Å²) in [6.07, 6.45) is 5.05. The van der Waals surface area contributed by atoms with Gasteiger partial charge < -0.3 is 9.64 Å². The van der Waals surface area contributed by atoms with Gasteiger partial charge in [-0.25, -0.2) is 0 Å². The molecule has 0 spiro atoms. The zero-order valence-electron chi connectivity index (χ0n) is 16.8. The number of nitrogens with zero attached hydrogens (tertiary/aromatic N) is 1. The van der Waals surface area contributed by atoms with Crippen molar-refractivity contribution in [1.29, 1.82) is 0 Å². The van der Waals surface area contributed by atoms with Crippen LogP contribution in [0.4, 0.5) is 0 Å². The molecular formula is C22H26ClNO3S. The second-order valence-corrected chi connectivity index (χ2v) is 9.48. The topological polar surface area (TPSA) is 46.6 Å². The number of ether oxygens (including phenoxy) is 1. The molecule has 1 heterocycles. The lowest BCUT2D eigenvalue weighted by molar-refractivity contribution is -0.117. The predicted molar refractivity (Wildman–Crippen MR) is 115 cm³/mol. The van der Waals surface area contributed by atoms with Crippen LogP contribution in [-0.2, 0) is 4.79 Å². The Morgan fingerprint density at radius 1 is 1.36 bits per heavy atom. The number of hydrogen-bond acceptors (Lipinski definition) is 5. The largest absolute Gasteiger partial charge is 0.496 e. The minimum absolute atomic E-state index is 0.0590. The molecule has 0 saturated carbocycles. The first kappa shape index (κ1) is 21.0. The Morgan fingerprint density at radius 3 is 2.79 bits per heavy atom. The minimum Gasteiger partial charge on any atom is -0.496 e. The smallest absolute Gasteiger partial charge is 0.192 e. The van der Waals surface area contributed by atoms with Crippen molar-refractivity contribution in [2.45, 2.75) is 46.5 Å². The second-order valence-electron chi connectivity index (χ2n) is 8.02. The summed E-state index contributed by atoms with van der Waals surface area (Å²) in [4.78, 5) is 28.7. The third-order valence-corrected chi connectivity index (χ3v) is 6.47. The molecule has 1 aliphatic carbocycles. The van der Waals surface area contributed by atoms with Crippen LogP contribution in [0.3, 0.4) is 0 Å². The summed E-state index contributed by atoms with van der Waals surface area (Å²) >= 11 is 7.51. The lowest BCUT2D eigenvalue weighted by Crippen LogP contribution is -2.29. The molecule has 6 heteroatoms. The zero-order chi connectivity index (χ0) is 20.5. The molecule has 0 aromatic heterocycles. The number of hydrogen-bond donors (Lipinski definition) is 0. The SMILES string of the molecule is CCCCN1C(=CC(=O)c2cc(Cl)ccc2OC)SC2=C1CC(C)(C)CC2=O. The number of thioether (sulfide) groups is 1. The van der Waals surface area contributed by atoms with Crippen LogP contribution in [0.2, 0.25) is 5.02 Å². The van der Waals surface area contributed by atoms with Crippen molar-refractivity contribution < 1.29 is 14.3 Å². The Balaban J connectivity index is 1.96. The molecule has 28 heavy (non-hydrogen) atoms. The van der Waals surface area contributed by atoms with Crippen molar-refractivity contribution >= 4 is 34.9 Å². The zero-order valence-corrected chi connectivity index (χ0v) is 18.4. The van der Waals surface area contributed by atoms with Crippen LogP contribution in [-0.4, -0.2) is 30.1 Å². The molecule has 0 saturated heterocycles. The molecule has 2 aliphatic rings. The number of halogens is 1. The minimum atomic E-state index is -0.171. The van der Waals surface area contributed by atoms with Gasteiger partial charge in [-0.3, -0.25) is 9.59 Å². The molecule has 0 unspecified atom stereocenters. The molecule has 0 atom stereocenters. The van der Waals surface area contributed by atoms with Crippen LogP contribution in [0.15, 0.2) is 39.9 Å². The molecule has 0 amide bonds. The quantitative estimate of drug-likeness (QED) is 0.429. The van der Waals surface area contributed by atoms with Gasteiger partial charge in [0.15, 0.2) is 11.6 Å². The number of carbonyl (C=O) groups excluding carboxylic acids is 2. The predicted octanol–water partition coefficient (Wildman–Crippen LogP) is 5.82. The van der Waals surface area contributed by atoms with E-state index in [2.05, 4.69) is 25.7 Å². The van der Waals surface area contributed by atoms with E-state index in [1.807, 2.05) is 0 Å². The first-order valence-corrected chi connectivity index (χ1v) is 10.8. The van der Waals surface area contributed by atoms with Gasteiger partial charge in [0.25, 0.3) is 0 Å². The van der Waals surface area contributed by atoms with Crippen LogP contribution in [0, 0.1) is 5.41 Å². The first-order chi connectivity index (χ1) is 13.3. The second kappa shape index (κ2) is 8.34. The molecule has 150 valence electrons. The molecule has 0 fully saturated rings. The van der Waals surface area contributed by atoms with Gasteiger partial charge in [0, 0.05) is 29.8 Å². The van der Waals surface area contributed by atoms with E-state index in [1.165, 1.54) is 18.9 Å². The molecule has 1 aromatic rings. The maximum Gasteiger partial charge on any atom is 0.192 e. The third-order valence-electron chi connectivity index (χ3n) is 5.02. The van der Waals surface area contributed by atoms with Crippen molar-refractivity contribution in [2.24, 2.45) is 5.41 Å². The van der Waals surface area contributed by atoms with E-state index in [4.69, 9.17) is 16.3 Å². The fraction of sp³-hybridized carbons (Fsp3) is 0.455. The van der Waals surface area contributed by atoms with Crippen molar-refractivity contribution in [3.05, 3.63) is 50.5 Å². The molecule has 0 radical (unpaired) electrons.